The van der Waals surface area contributed by atoms with Crippen LogP contribution in [0.5, 0.6) is 5.75 Å². The van der Waals surface area contributed by atoms with Gasteiger partial charge in [-0.1, -0.05) is 46.3 Å². The van der Waals surface area contributed by atoms with Crippen LogP contribution in [0.1, 0.15) is 5.56 Å². The molecule has 0 unspecified atom stereocenters. The first-order valence-corrected chi connectivity index (χ1v) is 8.34. The van der Waals surface area contributed by atoms with Crippen LogP contribution in [0, 0.1) is 0 Å². The highest BCUT2D eigenvalue weighted by atomic mass is 79.9. The Morgan fingerprint density at radius 2 is 1.79 bits per heavy atom. The number of esters is 1. The Hall–Kier alpha value is -2.59. The van der Waals surface area contributed by atoms with Crippen LogP contribution in [-0.4, -0.2) is 5.97 Å². The number of benzene rings is 3. The molecule has 4 rings (SSSR count). The second-order valence-electron chi connectivity index (χ2n) is 5.53. The number of rotatable bonds is 3. The zero-order chi connectivity index (χ0) is 16.5. The van der Waals surface area contributed by atoms with Gasteiger partial charge in [0.25, 0.3) is 0 Å². The molecule has 0 aliphatic carbocycles. The van der Waals surface area contributed by atoms with Gasteiger partial charge in [0.15, 0.2) is 0 Å². The molecule has 0 saturated heterocycles. The Balaban J connectivity index is 1.65. The third-order valence-corrected chi connectivity index (χ3v) is 4.45. The van der Waals surface area contributed by atoms with Crippen molar-refractivity contribution in [2.24, 2.45) is 0 Å². The zero-order valence-corrected chi connectivity index (χ0v) is 14.2. The summed E-state index contributed by atoms with van der Waals surface area (Å²) in [5.74, 6) is 0.216. The van der Waals surface area contributed by atoms with Crippen molar-refractivity contribution >= 4 is 43.6 Å². The third-order valence-electron chi connectivity index (χ3n) is 3.92. The van der Waals surface area contributed by atoms with Crippen LogP contribution >= 0.6 is 15.9 Å². The van der Waals surface area contributed by atoms with Gasteiger partial charge in [0.2, 0.25) is 0 Å². The maximum absolute atomic E-state index is 12.3. The summed E-state index contributed by atoms with van der Waals surface area (Å²) in [7, 11) is 0. The predicted octanol–water partition coefficient (Wildman–Crippen LogP) is 5.50. The lowest BCUT2D eigenvalue weighted by atomic mass is 10.0. The molecule has 3 nitrogen and oxygen atoms in total. The minimum absolute atomic E-state index is 0.164. The number of fused-ring (bicyclic) bond motifs is 3. The summed E-state index contributed by atoms with van der Waals surface area (Å²) in [4.78, 5) is 12.3. The van der Waals surface area contributed by atoms with Crippen LogP contribution in [0.2, 0.25) is 0 Å². The van der Waals surface area contributed by atoms with Gasteiger partial charge in [0, 0.05) is 15.4 Å². The van der Waals surface area contributed by atoms with Gasteiger partial charge < -0.3 is 9.15 Å². The van der Waals surface area contributed by atoms with Crippen molar-refractivity contribution in [2.75, 3.05) is 0 Å². The lowest BCUT2D eigenvalue weighted by Gasteiger charge is -2.05. The molecule has 0 bridgehead atoms. The Labute approximate surface area is 147 Å². The highest BCUT2D eigenvalue weighted by Gasteiger charge is 2.14. The number of hydrogen-bond donors (Lipinski definition) is 0. The monoisotopic (exact) mass is 380 g/mol. The van der Waals surface area contributed by atoms with Crippen LogP contribution in [0.3, 0.4) is 0 Å². The first-order chi connectivity index (χ1) is 11.7. The summed E-state index contributed by atoms with van der Waals surface area (Å²) in [5.41, 5.74) is 1.61. The van der Waals surface area contributed by atoms with Gasteiger partial charge >= 0.3 is 5.97 Å². The topological polar surface area (TPSA) is 39.4 Å². The molecule has 3 aromatic carbocycles. The quantitative estimate of drug-likeness (QED) is 0.348. The number of hydrogen-bond acceptors (Lipinski definition) is 3. The van der Waals surface area contributed by atoms with E-state index in [1.54, 1.807) is 18.4 Å². The van der Waals surface area contributed by atoms with E-state index in [-0.39, 0.29) is 12.4 Å². The Kier molecular flexibility index (Phi) is 3.82. The van der Waals surface area contributed by atoms with Crippen LogP contribution in [0.25, 0.3) is 21.7 Å². The predicted molar refractivity (Wildman–Crippen MR) is 97.2 cm³/mol. The fraction of sp³-hybridized carbons (Fsp3) is 0.0500. The maximum Gasteiger partial charge on any atom is 0.315 e. The zero-order valence-electron chi connectivity index (χ0n) is 12.7. The smallest absolute Gasteiger partial charge is 0.315 e. The van der Waals surface area contributed by atoms with Crippen molar-refractivity contribution in [1.29, 1.82) is 0 Å². The molecule has 0 atom stereocenters. The van der Waals surface area contributed by atoms with Crippen molar-refractivity contribution in [3.63, 3.8) is 0 Å². The molecule has 0 N–H and O–H groups in total. The van der Waals surface area contributed by atoms with E-state index in [4.69, 9.17) is 9.15 Å². The number of ether oxygens (including phenoxy) is 1. The van der Waals surface area contributed by atoms with Gasteiger partial charge in [-0.05, 0) is 41.1 Å². The van der Waals surface area contributed by atoms with Crippen LogP contribution in [0.15, 0.2) is 75.8 Å². The summed E-state index contributed by atoms with van der Waals surface area (Å²) < 4.78 is 12.0. The molecule has 0 aliphatic heterocycles. The van der Waals surface area contributed by atoms with Crippen LogP contribution < -0.4 is 4.74 Å². The van der Waals surface area contributed by atoms with E-state index in [2.05, 4.69) is 15.9 Å². The molecule has 1 aromatic heterocycles. The van der Waals surface area contributed by atoms with Crippen molar-refractivity contribution < 1.29 is 13.9 Å². The molecule has 0 saturated carbocycles. The molecule has 4 heteroatoms. The molecule has 1 heterocycles. The Morgan fingerprint density at radius 3 is 2.62 bits per heavy atom. The average molecular weight is 381 g/mol. The molecule has 0 aliphatic rings. The molecule has 0 spiro atoms. The van der Waals surface area contributed by atoms with E-state index in [0.29, 0.717) is 5.75 Å². The van der Waals surface area contributed by atoms with E-state index in [0.717, 1.165) is 31.8 Å². The first kappa shape index (κ1) is 15.0. The highest BCUT2D eigenvalue weighted by Crippen LogP contribution is 2.30. The van der Waals surface area contributed by atoms with Gasteiger partial charge in [0.1, 0.15) is 11.3 Å². The lowest BCUT2D eigenvalue weighted by molar-refractivity contribution is -0.133. The fourth-order valence-corrected chi connectivity index (χ4v) is 3.09. The Bertz CT molecular complexity index is 1030. The molecule has 4 aromatic rings. The Morgan fingerprint density at radius 1 is 1.00 bits per heavy atom. The summed E-state index contributed by atoms with van der Waals surface area (Å²) in [6, 6.07) is 19.2. The van der Waals surface area contributed by atoms with Crippen LogP contribution in [-0.2, 0) is 11.2 Å². The standard InChI is InChI=1S/C20H13BrO3/c21-15-6-8-16(9-7-15)24-19(22)11-14-12-23-18-10-5-13-3-1-2-4-17(13)20(14)18/h1-10,12H,11H2. The molecular formula is C20H13BrO3. The van der Waals surface area contributed by atoms with E-state index in [1.807, 2.05) is 48.5 Å². The normalized spacial score (nSPS) is 11.0. The summed E-state index contributed by atoms with van der Waals surface area (Å²) >= 11 is 3.36. The minimum atomic E-state index is -0.312. The van der Waals surface area contributed by atoms with Crippen LogP contribution in [0.4, 0.5) is 0 Å². The number of furan rings is 1. The maximum atomic E-state index is 12.3. The molecule has 0 fully saturated rings. The van der Waals surface area contributed by atoms with Gasteiger partial charge in [-0.3, -0.25) is 4.79 Å². The second-order valence-corrected chi connectivity index (χ2v) is 6.44. The van der Waals surface area contributed by atoms with Gasteiger partial charge in [0.05, 0.1) is 12.7 Å². The third kappa shape index (κ3) is 2.81. The average Bonchev–Trinajstić information content (AvgIpc) is 3.00. The van der Waals surface area contributed by atoms with E-state index in [1.165, 1.54) is 0 Å². The van der Waals surface area contributed by atoms with Crippen molar-refractivity contribution in [1.82, 2.24) is 0 Å². The SMILES string of the molecule is O=C(Cc1coc2ccc3ccccc3c12)Oc1ccc(Br)cc1. The fourth-order valence-electron chi connectivity index (χ4n) is 2.83. The van der Waals surface area contributed by atoms with E-state index in [9.17, 15) is 4.79 Å². The van der Waals surface area contributed by atoms with Crippen molar-refractivity contribution in [3.8, 4) is 5.75 Å². The van der Waals surface area contributed by atoms with Gasteiger partial charge in [-0.15, -0.1) is 0 Å². The molecule has 0 radical (unpaired) electrons. The van der Waals surface area contributed by atoms with Crippen molar-refractivity contribution in [2.45, 2.75) is 6.42 Å². The molecule has 24 heavy (non-hydrogen) atoms. The summed E-state index contributed by atoms with van der Waals surface area (Å²) in [6.45, 7) is 0. The lowest BCUT2D eigenvalue weighted by Crippen LogP contribution is -2.10. The van der Waals surface area contributed by atoms with E-state index >= 15 is 0 Å². The molecule has 118 valence electrons. The van der Waals surface area contributed by atoms with Gasteiger partial charge in [-0.25, -0.2) is 0 Å². The molecular weight excluding hydrogens is 368 g/mol. The minimum Gasteiger partial charge on any atom is -0.464 e. The second kappa shape index (κ2) is 6.13. The summed E-state index contributed by atoms with van der Waals surface area (Å²) in [6.07, 6.45) is 1.80. The van der Waals surface area contributed by atoms with Gasteiger partial charge in [-0.2, -0.15) is 0 Å². The highest BCUT2D eigenvalue weighted by molar-refractivity contribution is 9.10. The number of carbonyl (C=O) groups is 1. The largest absolute Gasteiger partial charge is 0.464 e. The number of carbonyl (C=O) groups excluding carboxylic acids is 1. The molecule has 0 amide bonds. The van der Waals surface area contributed by atoms with E-state index < -0.39 is 0 Å². The first-order valence-electron chi connectivity index (χ1n) is 7.55. The summed E-state index contributed by atoms with van der Waals surface area (Å²) in [5, 5.41) is 3.17. The number of halogens is 1. The van der Waals surface area contributed by atoms with Crippen molar-refractivity contribution in [3.05, 3.63) is 77.0 Å².